The van der Waals surface area contributed by atoms with Crippen molar-refractivity contribution in [3.05, 3.63) is 23.5 Å². The van der Waals surface area contributed by atoms with Crippen LogP contribution in [-0.2, 0) is 6.42 Å². The van der Waals surface area contributed by atoms with Gasteiger partial charge in [0.05, 0.1) is 5.69 Å². The van der Waals surface area contributed by atoms with E-state index >= 15 is 0 Å². The minimum Gasteiger partial charge on any atom is -0.314 e. The number of fused-ring (bicyclic) bond motifs is 1. The molecule has 2 rings (SSSR count). The summed E-state index contributed by atoms with van der Waals surface area (Å²) in [4.78, 5) is 5.84. The van der Waals surface area contributed by atoms with Crippen molar-refractivity contribution in [2.24, 2.45) is 5.41 Å². The van der Waals surface area contributed by atoms with Gasteiger partial charge in [-0.25, -0.2) is 4.98 Å². The van der Waals surface area contributed by atoms with Gasteiger partial charge in [0.25, 0.3) is 0 Å². The summed E-state index contributed by atoms with van der Waals surface area (Å²) in [6.45, 7) is 10.1. The first-order valence-corrected chi connectivity index (χ1v) is 8.11. The molecule has 3 nitrogen and oxygen atoms in total. The fourth-order valence-corrected chi connectivity index (χ4v) is 3.20. The molecule has 1 N–H and O–H groups in total. The number of hydrogen-bond donors (Lipinski definition) is 1. The zero-order valence-corrected chi connectivity index (χ0v) is 13.3. The summed E-state index contributed by atoms with van der Waals surface area (Å²) in [6.07, 6.45) is 7.71. The van der Waals surface area contributed by atoms with Crippen LogP contribution in [0.3, 0.4) is 0 Å². The minimum atomic E-state index is 0.328. The number of rotatable bonds is 7. The third-order valence-electron chi connectivity index (χ3n) is 4.08. The van der Waals surface area contributed by atoms with E-state index < -0.39 is 0 Å². The van der Waals surface area contributed by atoms with Crippen molar-refractivity contribution in [3.8, 4) is 0 Å². The summed E-state index contributed by atoms with van der Waals surface area (Å²) >= 11 is 1.70. The molecule has 106 valence electrons. The largest absolute Gasteiger partial charge is 0.314 e. The SMILES string of the molecule is CCC(CC)(CNC(C)C)Cc1cn2ccsc2n1. The third kappa shape index (κ3) is 3.37. The molecule has 4 heteroatoms. The summed E-state index contributed by atoms with van der Waals surface area (Å²) in [5.41, 5.74) is 1.55. The van der Waals surface area contributed by atoms with Gasteiger partial charge in [-0.15, -0.1) is 11.3 Å². The normalized spacial score (nSPS) is 12.7. The van der Waals surface area contributed by atoms with Crippen LogP contribution < -0.4 is 5.32 Å². The molecule has 0 unspecified atom stereocenters. The van der Waals surface area contributed by atoms with Crippen LogP contribution in [0.5, 0.6) is 0 Å². The van der Waals surface area contributed by atoms with Gasteiger partial charge in [-0.3, -0.25) is 4.40 Å². The van der Waals surface area contributed by atoms with Gasteiger partial charge in [-0.1, -0.05) is 27.7 Å². The van der Waals surface area contributed by atoms with E-state index in [4.69, 9.17) is 4.98 Å². The Bertz CT molecular complexity index is 480. The average Bonchev–Trinajstić information content (AvgIpc) is 2.95. The number of imidazole rings is 1. The Morgan fingerprint density at radius 2 is 2.11 bits per heavy atom. The lowest BCUT2D eigenvalue weighted by Crippen LogP contribution is -2.38. The molecule has 0 radical (unpaired) electrons. The second kappa shape index (κ2) is 6.06. The van der Waals surface area contributed by atoms with Gasteiger partial charge in [-0.2, -0.15) is 0 Å². The van der Waals surface area contributed by atoms with Gasteiger partial charge in [0.2, 0.25) is 0 Å². The number of hydrogen-bond acceptors (Lipinski definition) is 3. The maximum Gasteiger partial charge on any atom is 0.193 e. The lowest BCUT2D eigenvalue weighted by atomic mass is 9.78. The number of nitrogens with one attached hydrogen (secondary N) is 1. The van der Waals surface area contributed by atoms with Crippen molar-refractivity contribution in [3.63, 3.8) is 0 Å². The Kier molecular flexibility index (Phi) is 4.63. The van der Waals surface area contributed by atoms with Crippen LogP contribution in [0.2, 0.25) is 0 Å². The van der Waals surface area contributed by atoms with Crippen molar-refractivity contribution < 1.29 is 0 Å². The van der Waals surface area contributed by atoms with Crippen LogP contribution in [0.25, 0.3) is 4.96 Å². The van der Waals surface area contributed by atoms with Crippen LogP contribution in [0.15, 0.2) is 17.8 Å². The van der Waals surface area contributed by atoms with E-state index in [1.54, 1.807) is 11.3 Å². The first-order chi connectivity index (χ1) is 9.08. The first kappa shape index (κ1) is 14.5. The molecule has 0 spiro atoms. The van der Waals surface area contributed by atoms with Gasteiger partial charge in [0.15, 0.2) is 4.96 Å². The highest BCUT2D eigenvalue weighted by molar-refractivity contribution is 7.15. The molecule has 0 aliphatic carbocycles. The van der Waals surface area contributed by atoms with Crippen LogP contribution in [-0.4, -0.2) is 22.0 Å². The third-order valence-corrected chi connectivity index (χ3v) is 4.86. The zero-order valence-electron chi connectivity index (χ0n) is 12.4. The molecule has 2 aromatic rings. The van der Waals surface area contributed by atoms with E-state index in [1.807, 2.05) is 0 Å². The summed E-state index contributed by atoms with van der Waals surface area (Å²) in [6, 6.07) is 0.544. The van der Waals surface area contributed by atoms with Crippen molar-refractivity contribution >= 4 is 16.3 Å². The Hall–Kier alpha value is -0.870. The first-order valence-electron chi connectivity index (χ1n) is 7.23. The van der Waals surface area contributed by atoms with Gasteiger partial charge in [0.1, 0.15) is 0 Å². The predicted molar refractivity (Wildman–Crippen MR) is 82.9 cm³/mol. The average molecular weight is 279 g/mol. The quantitative estimate of drug-likeness (QED) is 0.836. The molecule has 0 saturated carbocycles. The molecule has 0 amide bonds. The molecule has 2 aromatic heterocycles. The van der Waals surface area contributed by atoms with Gasteiger partial charge in [-0.05, 0) is 24.7 Å². The Labute approximate surface area is 120 Å². The summed E-state index contributed by atoms with van der Waals surface area (Å²) in [7, 11) is 0. The molecule has 0 aromatic carbocycles. The van der Waals surface area contributed by atoms with Gasteiger partial charge < -0.3 is 5.32 Å². The Balaban J connectivity index is 2.12. The maximum absolute atomic E-state index is 4.73. The van der Waals surface area contributed by atoms with E-state index in [0.717, 1.165) is 17.9 Å². The van der Waals surface area contributed by atoms with E-state index in [9.17, 15) is 0 Å². The van der Waals surface area contributed by atoms with Crippen LogP contribution in [0.4, 0.5) is 0 Å². The number of aromatic nitrogens is 2. The predicted octanol–water partition coefficient (Wildman–Crippen LogP) is 3.74. The zero-order chi connectivity index (χ0) is 13.9. The lowest BCUT2D eigenvalue weighted by molar-refractivity contribution is 0.237. The second-order valence-electron chi connectivity index (χ2n) is 5.74. The molecule has 0 atom stereocenters. The van der Waals surface area contributed by atoms with Crippen LogP contribution in [0.1, 0.15) is 46.2 Å². The van der Waals surface area contributed by atoms with E-state index in [0.29, 0.717) is 11.5 Å². The highest BCUT2D eigenvalue weighted by Gasteiger charge is 2.27. The summed E-state index contributed by atoms with van der Waals surface area (Å²) < 4.78 is 2.13. The number of thiazole rings is 1. The maximum atomic E-state index is 4.73. The van der Waals surface area contributed by atoms with E-state index in [1.165, 1.54) is 18.5 Å². The molecule has 0 fully saturated rings. The topological polar surface area (TPSA) is 29.3 Å². The second-order valence-corrected chi connectivity index (χ2v) is 6.62. The highest BCUT2D eigenvalue weighted by Crippen LogP contribution is 2.30. The summed E-state index contributed by atoms with van der Waals surface area (Å²) in [5, 5.41) is 5.69. The lowest BCUT2D eigenvalue weighted by Gasteiger charge is -2.32. The number of nitrogens with zero attached hydrogens (tertiary/aromatic N) is 2. The van der Waals surface area contributed by atoms with Crippen molar-refractivity contribution in [1.82, 2.24) is 14.7 Å². The molecular weight excluding hydrogens is 254 g/mol. The van der Waals surface area contributed by atoms with E-state index in [2.05, 4.69) is 55.2 Å². The molecule has 0 bridgehead atoms. The monoisotopic (exact) mass is 279 g/mol. The molecule has 0 saturated heterocycles. The summed E-state index contributed by atoms with van der Waals surface area (Å²) in [5.74, 6) is 0. The van der Waals surface area contributed by atoms with Gasteiger partial charge >= 0.3 is 0 Å². The smallest absolute Gasteiger partial charge is 0.193 e. The van der Waals surface area contributed by atoms with Crippen molar-refractivity contribution in [2.45, 2.75) is 53.0 Å². The van der Waals surface area contributed by atoms with Gasteiger partial charge in [0, 0.05) is 30.4 Å². The molecule has 0 aliphatic rings. The fraction of sp³-hybridized carbons (Fsp3) is 0.667. The standard InChI is InChI=1S/C15H25N3S/c1-5-15(6-2,11-16-12(3)4)9-13-10-18-7-8-19-14(18)17-13/h7-8,10,12,16H,5-6,9,11H2,1-4H3. The fourth-order valence-electron chi connectivity index (χ4n) is 2.48. The van der Waals surface area contributed by atoms with Crippen molar-refractivity contribution in [1.29, 1.82) is 0 Å². The van der Waals surface area contributed by atoms with Crippen LogP contribution in [0, 0.1) is 5.41 Å². The minimum absolute atomic E-state index is 0.328. The molecular formula is C15H25N3S. The van der Waals surface area contributed by atoms with Crippen LogP contribution >= 0.6 is 11.3 Å². The molecule has 19 heavy (non-hydrogen) atoms. The van der Waals surface area contributed by atoms with Crippen molar-refractivity contribution in [2.75, 3.05) is 6.54 Å². The Morgan fingerprint density at radius 3 is 2.68 bits per heavy atom. The molecule has 0 aliphatic heterocycles. The highest BCUT2D eigenvalue weighted by atomic mass is 32.1. The molecule has 2 heterocycles. The Morgan fingerprint density at radius 1 is 1.37 bits per heavy atom. The van der Waals surface area contributed by atoms with E-state index in [-0.39, 0.29) is 0 Å².